The van der Waals surface area contributed by atoms with Crippen LogP contribution >= 0.6 is 15.9 Å². The Balaban J connectivity index is 2.94. The molecule has 0 aliphatic heterocycles. The molecule has 0 atom stereocenters. The molecule has 15 heavy (non-hydrogen) atoms. The van der Waals surface area contributed by atoms with Crippen LogP contribution in [-0.2, 0) is 12.6 Å². The number of aryl methyl sites for hydroxylation is 1. The van der Waals surface area contributed by atoms with Crippen LogP contribution in [0.2, 0.25) is 0 Å². The smallest absolute Gasteiger partial charge is 0.198 e. The Morgan fingerprint density at radius 2 is 2.00 bits per heavy atom. The largest absolute Gasteiger partial charge is 0.417 e. The van der Waals surface area contributed by atoms with Gasteiger partial charge in [0.15, 0.2) is 0 Å². The SMILES string of the molecule is N#CCCc1ccc(C(F)(F)F)c(Br)c1. The summed E-state index contributed by atoms with van der Waals surface area (Å²) in [6.07, 6.45) is -3.57. The summed E-state index contributed by atoms with van der Waals surface area (Å²) in [5.41, 5.74) is 0.0274. The lowest BCUT2D eigenvalue weighted by Gasteiger charge is -2.09. The van der Waals surface area contributed by atoms with Crippen LogP contribution < -0.4 is 0 Å². The molecule has 0 amide bonds. The number of benzene rings is 1. The van der Waals surface area contributed by atoms with Crippen molar-refractivity contribution in [2.75, 3.05) is 0 Å². The highest BCUT2D eigenvalue weighted by atomic mass is 79.9. The first-order valence-corrected chi connectivity index (χ1v) is 4.97. The van der Waals surface area contributed by atoms with Gasteiger partial charge in [-0.2, -0.15) is 18.4 Å². The highest BCUT2D eigenvalue weighted by Gasteiger charge is 2.32. The summed E-state index contributed by atoms with van der Waals surface area (Å²) in [6, 6.07) is 5.76. The minimum Gasteiger partial charge on any atom is -0.198 e. The van der Waals surface area contributed by atoms with E-state index in [2.05, 4.69) is 15.9 Å². The third kappa shape index (κ3) is 3.24. The van der Waals surface area contributed by atoms with E-state index in [1.807, 2.05) is 6.07 Å². The predicted molar refractivity (Wildman–Crippen MR) is 53.1 cm³/mol. The lowest BCUT2D eigenvalue weighted by atomic mass is 10.1. The summed E-state index contributed by atoms with van der Waals surface area (Å²) < 4.78 is 37.1. The van der Waals surface area contributed by atoms with Gasteiger partial charge in [0.25, 0.3) is 0 Å². The van der Waals surface area contributed by atoms with E-state index in [0.717, 1.165) is 11.6 Å². The number of nitrogens with zero attached hydrogens (tertiary/aromatic N) is 1. The predicted octanol–water partition coefficient (Wildman–Crippen LogP) is 3.92. The molecule has 1 nitrogen and oxygen atoms in total. The Morgan fingerprint density at radius 1 is 1.33 bits per heavy atom. The van der Waals surface area contributed by atoms with Gasteiger partial charge < -0.3 is 0 Å². The Hall–Kier alpha value is -1.02. The molecule has 0 heterocycles. The van der Waals surface area contributed by atoms with E-state index in [9.17, 15) is 13.2 Å². The lowest BCUT2D eigenvalue weighted by Crippen LogP contribution is -2.06. The van der Waals surface area contributed by atoms with Crippen molar-refractivity contribution in [1.29, 1.82) is 5.26 Å². The zero-order valence-corrected chi connectivity index (χ0v) is 9.19. The van der Waals surface area contributed by atoms with E-state index in [1.54, 1.807) is 0 Å². The fourth-order valence-corrected chi connectivity index (χ4v) is 1.80. The van der Waals surface area contributed by atoms with E-state index in [0.29, 0.717) is 12.8 Å². The molecule has 0 radical (unpaired) electrons. The summed E-state index contributed by atoms with van der Waals surface area (Å²) in [5.74, 6) is 0. The van der Waals surface area contributed by atoms with Crippen LogP contribution in [0.5, 0.6) is 0 Å². The first-order chi connectivity index (χ1) is 6.95. The van der Waals surface area contributed by atoms with Gasteiger partial charge in [0.1, 0.15) is 0 Å². The fourth-order valence-electron chi connectivity index (χ4n) is 1.14. The van der Waals surface area contributed by atoms with Crippen LogP contribution in [-0.4, -0.2) is 0 Å². The van der Waals surface area contributed by atoms with E-state index in [4.69, 9.17) is 5.26 Å². The van der Waals surface area contributed by atoms with E-state index < -0.39 is 11.7 Å². The molecule has 0 spiro atoms. The summed E-state index contributed by atoms with van der Waals surface area (Å²) in [6.45, 7) is 0. The molecule has 1 aromatic rings. The molecule has 5 heteroatoms. The van der Waals surface area contributed by atoms with Gasteiger partial charge in [-0.1, -0.05) is 22.0 Å². The fraction of sp³-hybridized carbons (Fsp3) is 0.300. The van der Waals surface area contributed by atoms with Gasteiger partial charge in [-0.05, 0) is 24.1 Å². The second kappa shape index (κ2) is 4.67. The van der Waals surface area contributed by atoms with Crippen LogP contribution in [0.15, 0.2) is 22.7 Å². The van der Waals surface area contributed by atoms with E-state index in [-0.39, 0.29) is 4.47 Å². The summed E-state index contributed by atoms with van der Waals surface area (Å²) >= 11 is 2.87. The van der Waals surface area contributed by atoms with Crippen LogP contribution in [0.3, 0.4) is 0 Å². The monoisotopic (exact) mass is 277 g/mol. The quantitative estimate of drug-likeness (QED) is 0.804. The van der Waals surface area contributed by atoms with Gasteiger partial charge in [-0.25, -0.2) is 0 Å². The third-order valence-corrected chi connectivity index (χ3v) is 2.52. The van der Waals surface area contributed by atoms with E-state index >= 15 is 0 Å². The average Bonchev–Trinajstić information content (AvgIpc) is 2.12. The summed E-state index contributed by atoms with van der Waals surface area (Å²) in [5, 5.41) is 8.34. The molecule has 1 rings (SSSR count). The third-order valence-electron chi connectivity index (χ3n) is 1.86. The molecule has 0 aliphatic rings. The van der Waals surface area contributed by atoms with Crippen molar-refractivity contribution in [3.05, 3.63) is 33.8 Å². The number of alkyl halides is 3. The molecule has 80 valence electrons. The van der Waals surface area contributed by atoms with Gasteiger partial charge >= 0.3 is 6.18 Å². The molecule has 0 unspecified atom stereocenters. The molecule has 0 N–H and O–H groups in total. The number of rotatable bonds is 2. The maximum atomic E-state index is 12.4. The van der Waals surface area contributed by atoms with Crippen molar-refractivity contribution in [2.45, 2.75) is 19.0 Å². The van der Waals surface area contributed by atoms with Crippen LogP contribution in [0.1, 0.15) is 17.5 Å². The van der Waals surface area contributed by atoms with Gasteiger partial charge in [-0.15, -0.1) is 0 Å². The van der Waals surface area contributed by atoms with Gasteiger partial charge in [-0.3, -0.25) is 0 Å². The number of hydrogen-bond donors (Lipinski definition) is 0. The minimum absolute atomic E-state index is 0.0189. The van der Waals surface area contributed by atoms with Crippen LogP contribution in [0.4, 0.5) is 13.2 Å². The topological polar surface area (TPSA) is 23.8 Å². The second-order valence-corrected chi connectivity index (χ2v) is 3.82. The highest BCUT2D eigenvalue weighted by Crippen LogP contribution is 2.35. The van der Waals surface area contributed by atoms with Crippen molar-refractivity contribution in [1.82, 2.24) is 0 Å². The Kier molecular flexibility index (Phi) is 3.75. The van der Waals surface area contributed by atoms with Crippen molar-refractivity contribution >= 4 is 15.9 Å². The van der Waals surface area contributed by atoms with E-state index in [1.165, 1.54) is 12.1 Å². The number of nitriles is 1. The average molecular weight is 278 g/mol. The molecular formula is C10H7BrF3N. The zero-order valence-electron chi connectivity index (χ0n) is 7.61. The normalized spacial score (nSPS) is 11.1. The standard InChI is InChI=1S/C10H7BrF3N/c11-9-6-7(2-1-5-15)3-4-8(9)10(12,13)14/h3-4,6H,1-2H2. The van der Waals surface area contributed by atoms with Gasteiger partial charge in [0, 0.05) is 10.9 Å². The van der Waals surface area contributed by atoms with Crippen molar-refractivity contribution in [2.24, 2.45) is 0 Å². The molecule has 0 bridgehead atoms. The number of halogens is 4. The number of hydrogen-bond acceptors (Lipinski definition) is 1. The highest BCUT2D eigenvalue weighted by molar-refractivity contribution is 9.10. The first kappa shape index (κ1) is 12.1. The maximum absolute atomic E-state index is 12.4. The molecule has 0 saturated heterocycles. The Labute approximate surface area is 93.6 Å². The molecular weight excluding hydrogens is 271 g/mol. The van der Waals surface area contributed by atoms with Crippen molar-refractivity contribution in [3.8, 4) is 6.07 Å². The Bertz CT molecular complexity index is 393. The van der Waals surface area contributed by atoms with Crippen molar-refractivity contribution in [3.63, 3.8) is 0 Å². The molecule has 0 fully saturated rings. The van der Waals surface area contributed by atoms with Gasteiger partial charge in [0.05, 0.1) is 11.6 Å². The lowest BCUT2D eigenvalue weighted by molar-refractivity contribution is -0.138. The second-order valence-electron chi connectivity index (χ2n) is 2.97. The zero-order chi connectivity index (χ0) is 11.5. The van der Waals surface area contributed by atoms with Crippen LogP contribution in [0.25, 0.3) is 0 Å². The van der Waals surface area contributed by atoms with Crippen molar-refractivity contribution < 1.29 is 13.2 Å². The van der Waals surface area contributed by atoms with Crippen LogP contribution in [0, 0.1) is 11.3 Å². The Morgan fingerprint density at radius 3 is 2.47 bits per heavy atom. The summed E-state index contributed by atoms with van der Waals surface area (Å²) in [7, 11) is 0. The maximum Gasteiger partial charge on any atom is 0.417 e. The molecule has 1 aromatic carbocycles. The van der Waals surface area contributed by atoms with Gasteiger partial charge in [0.2, 0.25) is 0 Å². The molecule has 0 saturated carbocycles. The molecule has 0 aromatic heterocycles. The summed E-state index contributed by atoms with van der Waals surface area (Å²) in [4.78, 5) is 0. The first-order valence-electron chi connectivity index (χ1n) is 4.17. The molecule has 0 aliphatic carbocycles. The minimum atomic E-state index is -4.34.